The van der Waals surface area contributed by atoms with Gasteiger partial charge in [-0.15, -0.1) is 0 Å². The minimum atomic E-state index is -0.725. The highest BCUT2D eigenvalue weighted by molar-refractivity contribution is 5.83. The van der Waals surface area contributed by atoms with Crippen LogP contribution >= 0.6 is 0 Å². The highest BCUT2D eigenvalue weighted by atomic mass is 16.4. The summed E-state index contributed by atoms with van der Waals surface area (Å²) in [6.45, 7) is 0. The molecule has 0 amide bonds. The van der Waals surface area contributed by atoms with Gasteiger partial charge in [0.1, 0.15) is 5.78 Å². The molecule has 0 aromatic rings. The summed E-state index contributed by atoms with van der Waals surface area (Å²) < 4.78 is 0. The minimum Gasteiger partial charge on any atom is -0.481 e. The monoisotopic (exact) mass is 460 g/mol. The quantitative estimate of drug-likeness (QED) is 0.214. The molecule has 3 saturated carbocycles. The summed E-state index contributed by atoms with van der Waals surface area (Å²) in [5, 5.41) is 19.2. The van der Waals surface area contributed by atoms with Crippen LogP contribution in [0.5, 0.6) is 0 Å². The number of carboxylic acids is 1. The Morgan fingerprint density at radius 1 is 0.909 bits per heavy atom. The standard InChI is InChI=1S/C29H48O4/c30-25(14-7-5-10-22-12-9-13-23-11-6-8-15-26(22)23)20-18-24-19-21-28(31)27(24)16-3-1-2-4-17-29(32)33/h18,20,22-27,30H,1-17,19,21H2,(H,32,33)/b20-18+. The number of fused-ring (bicyclic) bond motifs is 1. The number of hydrogen-bond acceptors (Lipinski definition) is 3. The first-order valence-corrected chi connectivity index (χ1v) is 14.2. The number of rotatable bonds is 14. The van der Waals surface area contributed by atoms with Crippen LogP contribution < -0.4 is 0 Å². The molecule has 33 heavy (non-hydrogen) atoms. The zero-order valence-corrected chi connectivity index (χ0v) is 20.8. The van der Waals surface area contributed by atoms with Crippen LogP contribution in [0.2, 0.25) is 0 Å². The molecule has 6 unspecified atom stereocenters. The Morgan fingerprint density at radius 3 is 2.52 bits per heavy atom. The van der Waals surface area contributed by atoms with Crippen LogP contribution in [0, 0.1) is 29.6 Å². The smallest absolute Gasteiger partial charge is 0.303 e. The fourth-order valence-electron chi connectivity index (χ4n) is 7.09. The Labute approximate surface area is 201 Å². The number of aliphatic hydroxyl groups is 1. The van der Waals surface area contributed by atoms with Crippen LogP contribution in [0.15, 0.2) is 12.2 Å². The number of ketones is 1. The van der Waals surface area contributed by atoms with Gasteiger partial charge < -0.3 is 10.2 Å². The lowest BCUT2D eigenvalue weighted by atomic mass is 9.64. The Hall–Kier alpha value is -1.16. The first-order chi connectivity index (χ1) is 16.0. The molecule has 3 aliphatic rings. The molecule has 4 heteroatoms. The van der Waals surface area contributed by atoms with Gasteiger partial charge in [0.15, 0.2) is 0 Å². The van der Waals surface area contributed by atoms with E-state index in [1.54, 1.807) is 0 Å². The molecule has 0 aliphatic heterocycles. The topological polar surface area (TPSA) is 74.6 Å². The third-order valence-corrected chi connectivity index (χ3v) is 8.94. The average Bonchev–Trinajstić information content (AvgIpc) is 3.16. The summed E-state index contributed by atoms with van der Waals surface area (Å²) in [4.78, 5) is 22.9. The Balaban J connectivity index is 1.30. The largest absolute Gasteiger partial charge is 0.481 e. The van der Waals surface area contributed by atoms with Crippen molar-refractivity contribution in [3.05, 3.63) is 12.2 Å². The summed E-state index contributed by atoms with van der Waals surface area (Å²) in [6, 6.07) is 0. The number of hydrogen-bond donors (Lipinski definition) is 2. The third kappa shape index (κ3) is 8.85. The zero-order chi connectivity index (χ0) is 23.5. The summed E-state index contributed by atoms with van der Waals surface area (Å²) in [6.07, 6.45) is 24.8. The highest BCUT2D eigenvalue weighted by Crippen LogP contribution is 2.45. The van der Waals surface area contributed by atoms with E-state index in [-0.39, 0.29) is 24.4 Å². The SMILES string of the molecule is O=C(O)CCCCCCC1C(=O)CCC1/C=C/C(O)CCCCC1CCCC2CCCCC12. The van der Waals surface area contributed by atoms with Crippen LogP contribution in [0.25, 0.3) is 0 Å². The zero-order valence-electron chi connectivity index (χ0n) is 20.8. The predicted molar refractivity (Wildman–Crippen MR) is 133 cm³/mol. The molecule has 188 valence electrons. The lowest BCUT2D eigenvalue weighted by Gasteiger charge is -2.41. The molecular formula is C29H48O4. The Kier molecular flexibility index (Phi) is 11.4. The molecule has 0 aromatic carbocycles. The van der Waals surface area contributed by atoms with Gasteiger partial charge in [-0.05, 0) is 55.8 Å². The number of unbranched alkanes of at least 4 members (excludes halogenated alkanes) is 4. The van der Waals surface area contributed by atoms with E-state index in [0.29, 0.717) is 12.2 Å². The fraction of sp³-hybridized carbons (Fsp3) is 0.862. The van der Waals surface area contributed by atoms with E-state index in [1.807, 2.05) is 6.08 Å². The molecule has 0 bridgehead atoms. The second-order valence-corrected chi connectivity index (χ2v) is 11.3. The maximum atomic E-state index is 12.3. The molecule has 3 aliphatic carbocycles. The second kappa shape index (κ2) is 14.3. The number of allylic oxidation sites excluding steroid dienone is 1. The fourth-order valence-corrected chi connectivity index (χ4v) is 7.09. The number of carbonyl (C=O) groups excluding carboxylic acids is 1. The van der Waals surface area contributed by atoms with E-state index >= 15 is 0 Å². The molecule has 0 saturated heterocycles. The van der Waals surface area contributed by atoms with Gasteiger partial charge in [0.05, 0.1) is 6.10 Å². The average molecular weight is 461 g/mol. The summed E-state index contributed by atoms with van der Waals surface area (Å²) >= 11 is 0. The molecule has 2 N–H and O–H groups in total. The molecule has 6 atom stereocenters. The van der Waals surface area contributed by atoms with Gasteiger partial charge in [0.2, 0.25) is 0 Å². The van der Waals surface area contributed by atoms with Gasteiger partial charge in [0, 0.05) is 18.8 Å². The van der Waals surface area contributed by atoms with Crippen molar-refractivity contribution in [1.29, 1.82) is 0 Å². The Morgan fingerprint density at radius 2 is 1.67 bits per heavy atom. The van der Waals surface area contributed by atoms with Crippen LogP contribution in [-0.2, 0) is 9.59 Å². The van der Waals surface area contributed by atoms with Gasteiger partial charge in [-0.3, -0.25) is 9.59 Å². The number of Topliss-reactive ketones (excluding diaryl/α,β-unsaturated/α-hetero) is 1. The van der Waals surface area contributed by atoms with Gasteiger partial charge in [0.25, 0.3) is 0 Å². The van der Waals surface area contributed by atoms with Gasteiger partial charge >= 0.3 is 5.97 Å². The molecule has 0 aromatic heterocycles. The van der Waals surface area contributed by atoms with Crippen molar-refractivity contribution in [2.75, 3.05) is 0 Å². The first kappa shape index (κ1) is 26.4. The summed E-state index contributed by atoms with van der Waals surface area (Å²) in [5.74, 6) is 2.96. The molecule has 4 nitrogen and oxygen atoms in total. The first-order valence-electron chi connectivity index (χ1n) is 14.2. The van der Waals surface area contributed by atoms with Crippen molar-refractivity contribution < 1.29 is 19.8 Å². The molecule has 3 rings (SSSR count). The van der Waals surface area contributed by atoms with E-state index in [0.717, 1.165) is 69.1 Å². The Bertz CT molecular complexity index is 625. The van der Waals surface area contributed by atoms with E-state index in [1.165, 1.54) is 57.8 Å². The van der Waals surface area contributed by atoms with Crippen molar-refractivity contribution in [1.82, 2.24) is 0 Å². The number of aliphatic hydroxyl groups excluding tert-OH is 1. The molecule has 0 heterocycles. The van der Waals surface area contributed by atoms with Crippen molar-refractivity contribution in [3.8, 4) is 0 Å². The summed E-state index contributed by atoms with van der Waals surface area (Å²) in [5.41, 5.74) is 0. The minimum absolute atomic E-state index is 0.0997. The van der Waals surface area contributed by atoms with Gasteiger partial charge in [-0.25, -0.2) is 0 Å². The number of carboxylic acid groups (broad SMARTS) is 1. The van der Waals surface area contributed by atoms with Crippen LogP contribution in [0.4, 0.5) is 0 Å². The lowest BCUT2D eigenvalue weighted by molar-refractivity contribution is -0.137. The van der Waals surface area contributed by atoms with Crippen molar-refractivity contribution in [3.63, 3.8) is 0 Å². The molecule has 0 radical (unpaired) electrons. The predicted octanol–water partition coefficient (Wildman–Crippen LogP) is 7.09. The maximum Gasteiger partial charge on any atom is 0.303 e. The van der Waals surface area contributed by atoms with Crippen molar-refractivity contribution in [2.24, 2.45) is 29.6 Å². The highest BCUT2D eigenvalue weighted by Gasteiger charge is 2.34. The third-order valence-electron chi connectivity index (χ3n) is 8.94. The normalized spacial score (nSPS) is 31.1. The van der Waals surface area contributed by atoms with E-state index in [4.69, 9.17) is 5.11 Å². The van der Waals surface area contributed by atoms with E-state index in [2.05, 4.69) is 6.08 Å². The second-order valence-electron chi connectivity index (χ2n) is 11.3. The van der Waals surface area contributed by atoms with E-state index in [9.17, 15) is 14.7 Å². The van der Waals surface area contributed by atoms with Crippen molar-refractivity contribution in [2.45, 2.75) is 128 Å². The molecule has 3 fully saturated rings. The molecule has 0 spiro atoms. The number of aliphatic carboxylic acids is 1. The van der Waals surface area contributed by atoms with Gasteiger partial charge in [-0.2, -0.15) is 0 Å². The van der Waals surface area contributed by atoms with Crippen LogP contribution in [0.3, 0.4) is 0 Å². The molecular weight excluding hydrogens is 412 g/mol. The van der Waals surface area contributed by atoms with Crippen LogP contribution in [0.1, 0.15) is 122 Å². The maximum absolute atomic E-state index is 12.3. The van der Waals surface area contributed by atoms with E-state index < -0.39 is 5.97 Å². The number of carbonyl (C=O) groups is 2. The lowest BCUT2D eigenvalue weighted by Crippen LogP contribution is -2.30. The van der Waals surface area contributed by atoms with Gasteiger partial charge in [-0.1, -0.05) is 89.2 Å². The van der Waals surface area contributed by atoms with Crippen molar-refractivity contribution >= 4 is 11.8 Å². The summed E-state index contributed by atoms with van der Waals surface area (Å²) in [7, 11) is 0. The van der Waals surface area contributed by atoms with Crippen LogP contribution in [-0.4, -0.2) is 28.1 Å².